The van der Waals surface area contributed by atoms with Crippen LogP contribution >= 0.6 is 0 Å². The van der Waals surface area contributed by atoms with Gasteiger partial charge < -0.3 is 9.47 Å². The summed E-state index contributed by atoms with van der Waals surface area (Å²) in [6.45, 7) is 0. The highest BCUT2D eigenvalue weighted by Crippen LogP contribution is 2.23. The molecule has 0 radical (unpaired) electrons. The van der Waals surface area contributed by atoms with Gasteiger partial charge in [0.1, 0.15) is 5.69 Å². The van der Waals surface area contributed by atoms with Crippen molar-refractivity contribution >= 4 is 0 Å². The normalized spacial score (nSPS) is 9.07. The van der Waals surface area contributed by atoms with Gasteiger partial charge in [-0.05, 0) is 0 Å². The Hall–Kier alpha value is -3.80. The molecule has 0 bridgehead atoms. The number of hydrogen-bond donors (Lipinski definition) is 0. The lowest BCUT2D eigenvalue weighted by atomic mass is 10.1. The Morgan fingerprint density at radius 2 is 1.18 bits per heavy atom. The Morgan fingerprint density at radius 3 is 1.68 bits per heavy atom. The molecule has 6 nitrogen and oxygen atoms in total. The molecule has 4 rings (SSSR count). The average molecular weight is 374 g/mol. The molecule has 4 aromatic rings. The fourth-order valence-corrected chi connectivity index (χ4v) is 2.04. The molecular formula is C22H22N4O2. The number of methoxy groups -OCH3 is 2. The summed E-state index contributed by atoms with van der Waals surface area (Å²) in [5.74, 6) is 1.10. The molecule has 2 heterocycles. The van der Waals surface area contributed by atoms with Gasteiger partial charge in [-0.3, -0.25) is 4.98 Å². The largest absolute Gasteiger partial charge is 0.480 e. The summed E-state index contributed by atoms with van der Waals surface area (Å²) in [5, 5.41) is 0. The molecule has 0 spiro atoms. The van der Waals surface area contributed by atoms with Gasteiger partial charge >= 0.3 is 0 Å². The van der Waals surface area contributed by atoms with Crippen molar-refractivity contribution in [3.63, 3.8) is 0 Å². The van der Waals surface area contributed by atoms with Crippen LogP contribution in [-0.4, -0.2) is 34.2 Å². The van der Waals surface area contributed by atoms with Gasteiger partial charge in [-0.25, -0.2) is 15.0 Å². The summed E-state index contributed by atoms with van der Waals surface area (Å²) >= 11 is 0. The van der Waals surface area contributed by atoms with Crippen LogP contribution in [0.3, 0.4) is 0 Å². The molecular weight excluding hydrogens is 352 g/mol. The highest BCUT2D eigenvalue weighted by Gasteiger charge is 2.06. The molecule has 6 heteroatoms. The zero-order valence-electron chi connectivity index (χ0n) is 15.8. The van der Waals surface area contributed by atoms with Gasteiger partial charge in [0.15, 0.2) is 0 Å². The predicted molar refractivity (Wildman–Crippen MR) is 109 cm³/mol. The molecule has 0 aliphatic rings. The predicted octanol–water partition coefficient (Wildman–Crippen LogP) is 4.32. The van der Waals surface area contributed by atoms with Crippen molar-refractivity contribution in [3.8, 4) is 23.0 Å². The summed E-state index contributed by atoms with van der Waals surface area (Å²) < 4.78 is 9.87. The van der Waals surface area contributed by atoms with E-state index < -0.39 is 0 Å². The Balaban J connectivity index is 0.000000169. The van der Waals surface area contributed by atoms with E-state index in [1.165, 1.54) is 0 Å². The highest BCUT2D eigenvalue weighted by molar-refractivity contribution is 5.63. The average Bonchev–Trinajstić information content (AvgIpc) is 2.82. The molecule has 28 heavy (non-hydrogen) atoms. The summed E-state index contributed by atoms with van der Waals surface area (Å²) in [6, 6.07) is 21.8. The van der Waals surface area contributed by atoms with Gasteiger partial charge in [0.25, 0.3) is 0 Å². The maximum atomic E-state index is 5.13. The van der Waals surface area contributed by atoms with Crippen molar-refractivity contribution in [1.29, 1.82) is 0 Å². The summed E-state index contributed by atoms with van der Waals surface area (Å²) in [5.41, 5.74) is 1.79. The molecule has 0 aliphatic heterocycles. The third-order valence-electron chi connectivity index (χ3n) is 3.32. The number of aromatic nitrogens is 4. The zero-order chi connectivity index (χ0) is 19.9. The van der Waals surface area contributed by atoms with Crippen LogP contribution in [0.25, 0.3) is 11.3 Å². The van der Waals surface area contributed by atoms with Crippen LogP contribution in [0.4, 0.5) is 0 Å². The van der Waals surface area contributed by atoms with E-state index in [1.54, 1.807) is 45.2 Å². The summed E-state index contributed by atoms with van der Waals surface area (Å²) in [4.78, 5) is 15.9. The van der Waals surface area contributed by atoms with Gasteiger partial charge in [-0.15, -0.1) is 0 Å². The SMILES string of the molecule is COc1cnccn1.COc1nccnc1-c1ccccc1.c1ccccc1. The van der Waals surface area contributed by atoms with E-state index in [2.05, 4.69) is 19.9 Å². The number of ether oxygens (including phenoxy) is 2. The van der Waals surface area contributed by atoms with Crippen molar-refractivity contribution in [3.05, 3.63) is 97.7 Å². The van der Waals surface area contributed by atoms with Crippen LogP contribution in [0.1, 0.15) is 0 Å². The number of rotatable bonds is 3. The minimum atomic E-state index is 0.549. The quantitative estimate of drug-likeness (QED) is 0.532. The van der Waals surface area contributed by atoms with Crippen LogP contribution in [0.2, 0.25) is 0 Å². The molecule has 2 aromatic carbocycles. The Kier molecular flexibility index (Phi) is 9.18. The van der Waals surface area contributed by atoms with Crippen LogP contribution in [0.5, 0.6) is 11.8 Å². The van der Waals surface area contributed by atoms with E-state index in [-0.39, 0.29) is 0 Å². The van der Waals surface area contributed by atoms with Gasteiger partial charge in [-0.2, -0.15) is 0 Å². The summed E-state index contributed by atoms with van der Waals surface area (Å²) in [6.07, 6.45) is 8.01. The van der Waals surface area contributed by atoms with E-state index in [0.717, 1.165) is 11.3 Å². The minimum absolute atomic E-state index is 0.549. The topological polar surface area (TPSA) is 70.0 Å². The first kappa shape index (κ1) is 20.5. The van der Waals surface area contributed by atoms with Crippen molar-refractivity contribution in [2.45, 2.75) is 0 Å². The van der Waals surface area contributed by atoms with Crippen molar-refractivity contribution in [2.24, 2.45) is 0 Å². The Labute approximate surface area is 164 Å². The highest BCUT2D eigenvalue weighted by atomic mass is 16.5. The van der Waals surface area contributed by atoms with Crippen molar-refractivity contribution in [2.75, 3.05) is 14.2 Å². The minimum Gasteiger partial charge on any atom is -0.480 e. The molecule has 0 saturated heterocycles. The molecule has 0 amide bonds. The lowest BCUT2D eigenvalue weighted by molar-refractivity contribution is 0.395. The first-order valence-electron chi connectivity index (χ1n) is 8.55. The smallest absolute Gasteiger partial charge is 0.240 e. The third kappa shape index (κ3) is 7.21. The molecule has 0 N–H and O–H groups in total. The maximum absolute atomic E-state index is 5.13. The van der Waals surface area contributed by atoms with Gasteiger partial charge in [0, 0.05) is 30.4 Å². The van der Waals surface area contributed by atoms with Gasteiger partial charge in [-0.1, -0.05) is 66.7 Å². The molecule has 0 unspecified atom stereocenters. The molecule has 0 fully saturated rings. The van der Waals surface area contributed by atoms with Crippen LogP contribution in [0, 0.1) is 0 Å². The Bertz CT molecular complexity index is 865. The third-order valence-corrected chi connectivity index (χ3v) is 3.32. The molecule has 0 aliphatic carbocycles. The van der Waals surface area contributed by atoms with E-state index >= 15 is 0 Å². The fraction of sp³-hybridized carbons (Fsp3) is 0.0909. The van der Waals surface area contributed by atoms with Crippen LogP contribution in [-0.2, 0) is 0 Å². The lowest BCUT2D eigenvalue weighted by Gasteiger charge is -2.04. The molecule has 142 valence electrons. The molecule has 2 aromatic heterocycles. The van der Waals surface area contributed by atoms with E-state index in [1.807, 2.05) is 66.7 Å². The fourth-order valence-electron chi connectivity index (χ4n) is 2.04. The lowest BCUT2D eigenvalue weighted by Crippen LogP contribution is -1.93. The second-order valence-electron chi connectivity index (χ2n) is 5.18. The number of benzene rings is 2. The molecule has 0 saturated carbocycles. The number of hydrogen-bond acceptors (Lipinski definition) is 6. The van der Waals surface area contributed by atoms with Crippen molar-refractivity contribution in [1.82, 2.24) is 19.9 Å². The zero-order valence-corrected chi connectivity index (χ0v) is 15.8. The standard InChI is InChI=1S/C11H10N2O.C6H6.C5H6N2O/c1-14-11-10(12-7-8-13-11)9-5-3-2-4-6-9;1-2-4-6-5-3-1;1-8-5-4-6-2-3-7-5/h2-8H,1H3;1-6H;2-4H,1H3. The second kappa shape index (κ2) is 12.5. The summed E-state index contributed by atoms with van der Waals surface area (Å²) in [7, 11) is 3.15. The Morgan fingerprint density at radius 1 is 0.607 bits per heavy atom. The van der Waals surface area contributed by atoms with Gasteiger partial charge in [0.2, 0.25) is 11.8 Å². The second-order valence-corrected chi connectivity index (χ2v) is 5.18. The first-order valence-corrected chi connectivity index (χ1v) is 8.55. The van der Waals surface area contributed by atoms with E-state index in [0.29, 0.717) is 11.8 Å². The van der Waals surface area contributed by atoms with Crippen LogP contribution in [0.15, 0.2) is 97.7 Å². The van der Waals surface area contributed by atoms with Gasteiger partial charge in [0.05, 0.1) is 20.4 Å². The van der Waals surface area contributed by atoms with E-state index in [9.17, 15) is 0 Å². The first-order chi connectivity index (χ1) is 13.8. The van der Waals surface area contributed by atoms with Crippen LogP contribution < -0.4 is 9.47 Å². The molecule has 0 atom stereocenters. The van der Waals surface area contributed by atoms with Crippen molar-refractivity contribution < 1.29 is 9.47 Å². The monoisotopic (exact) mass is 374 g/mol. The number of nitrogens with zero attached hydrogens (tertiary/aromatic N) is 4. The maximum Gasteiger partial charge on any atom is 0.240 e. The van der Waals surface area contributed by atoms with E-state index in [4.69, 9.17) is 9.47 Å².